The van der Waals surface area contributed by atoms with Gasteiger partial charge in [-0.05, 0) is 26.0 Å². The Morgan fingerprint density at radius 2 is 1.74 bits per heavy atom. The molecule has 0 radical (unpaired) electrons. The van der Waals surface area contributed by atoms with Gasteiger partial charge in [0.15, 0.2) is 0 Å². The second-order valence-electron chi connectivity index (χ2n) is 4.71. The van der Waals surface area contributed by atoms with Gasteiger partial charge in [-0.1, -0.05) is 18.2 Å². The van der Waals surface area contributed by atoms with Crippen molar-refractivity contribution in [3.8, 4) is 0 Å². The fourth-order valence-corrected chi connectivity index (χ4v) is 1.80. The van der Waals surface area contributed by atoms with Gasteiger partial charge in [0.1, 0.15) is 0 Å². The van der Waals surface area contributed by atoms with Crippen LogP contribution in [0.5, 0.6) is 0 Å². The first-order chi connectivity index (χ1) is 8.92. The van der Waals surface area contributed by atoms with Crippen LogP contribution in [0.3, 0.4) is 0 Å². The van der Waals surface area contributed by atoms with E-state index in [1.54, 1.807) is 38.1 Å². The Labute approximate surface area is 113 Å². The molecule has 0 fully saturated rings. The van der Waals surface area contributed by atoms with E-state index < -0.39 is 11.5 Å². The van der Waals surface area contributed by atoms with Crippen LogP contribution in [0.4, 0.5) is 0 Å². The summed E-state index contributed by atoms with van der Waals surface area (Å²) in [4.78, 5) is 28.9. The summed E-state index contributed by atoms with van der Waals surface area (Å²) in [6, 6.07) is 8.77. The second kappa shape index (κ2) is 6.33. The number of hydrogen-bond donors (Lipinski definition) is 0. The molecule has 0 aliphatic carbocycles. The third-order valence-corrected chi connectivity index (χ3v) is 2.74. The Balaban J connectivity index is 2.93. The summed E-state index contributed by atoms with van der Waals surface area (Å²) >= 11 is 0. The molecular weight excluding hydrogens is 246 g/mol. The molecule has 0 aromatic heterocycles. The quantitative estimate of drug-likeness (QED) is 0.604. The molecule has 1 amide bonds. The molecule has 0 bridgehead atoms. The number of amides is 1. The van der Waals surface area contributed by atoms with Crippen molar-refractivity contribution in [3.63, 3.8) is 0 Å². The van der Waals surface area contributed by atoms with Crippen molar-refractivity contribution in [2.75, 3.05) is 14.2 Å². The van der Waals surface area contributed by atoms with Crippen molar-refractivity contribution in [1.82, 2.24) is 5.06 Å². The number of benzene rings is 1. The van der Waals surface area contributed by atoms with E-state index in [2.05, 4.69) is 4.74 Å². The molecule has 0 spiro atoms. The maximum atomic E-state index is 12.3. The first kappa shape index (κ1) is 15.2. The summed E-state index contributed by atoms with van der Waals surface area (Å²) in [7, 11) is 2.72. The lowest BCUT2D eigenvalue weighted by Crippen LogP contribution is -2.48. The third-order valence-electron chi connectivity index (χ3n) is 2.74. The van der Waals surface area contributed by atoms with E-state index in [1.807, 2.05) is 6.07 Å². The fourth-order valence-electron chi connectivity index (χ4n) is 1.80. The van der Waals surface area contributed by atoms with Crippen molar-refractivity contribution >= 4 is 11.9 Å². The standard InChI is InChI=1S/C14H19NO4/c1-14(2,10-12(16)18-3)15(19-4)13(17)11-8-6-5-7-9-11/h5-9H,10H2,1-4H3. The summed E-state index contributed by atoms with van der Waals surface area (Å²) in [5.74, 6) is -0.690. The van der Waals surface area contributed by atoms with Gasteiger partial charge < -0.3 is 4.74 Å². The first-order valence-corrected chi connectivity index (χ1v) is 5.93. The molecule has 19 heavy (non-hydrogen) atoms. The van der Waals surface area contributed by atoms with Gasteiger partial charge in [0.2, 0.25) is 0 Å². The maximum absolute atomic E-state index is 12.3. The van der Waals surface area contributed by atoms with Crippen molar-refractivity contribution in [3.05, 3.63) is 35.9 Å². The minimum atomic E-state index is -0.797. The zero-order valence-electron chi connectivity index (χ0n) is 11.7. The molecule has 0 aliphatic rings. The number of ether oxygens (including phenoxy) is 1. The lowest BCUT2D eigenvalue weighted by molar-refractivity contribution is -0.167. The number of hydroxylamine groups is 2. The summed E-state index contributed by atoms with van der Waals surface area (Å²) in [6.07, 6.45) is 0.0515. The Hall–Kier alpha value is -1.88. The van der Waals surface area contributed by atoms with E-state index >= 15 is 0 Å². The lowest BCUT2D eigenvalue weighted by atomic mass is 9.99. The molecule has 0 heterocycles. The normalized spacial score (nSPS) is 10.9. The molecular formula is C14H19NO4. The SMILES string of the molecule is COC(=O)CC(C)(C)N(OC)C(=O)c1ccccc1. The zero-order chi connectivity index (χ0) is 14.5. The lowest BCUT2D eigenvalue weighted by Gasteiger charge is -2.35. The highest BCUT2D eigenvalue weighted by atomic mass is 16.7. The van der Waals surface area contributed by atoms with Gasteiger partial charge in [-0.15, -0.1) is 0 Å². The Morgan fingerprint density at radius 3 is 2.21 bits per heavy atom. The molecule has 0 saturated heterocycles. The molecule has 1 rings (SSSR count). The molecule has 0 aliphatic heterocycles. The van der Waals surface area contributed by atoms with E-state index in [0.717, 1.165) is 0 Å². The Morgan fingerprint density at radius 1 is 1.16 bits per heavy atom. The van der Waals surface area contributed by atoms with Crippen LogP contribution in [0.1, 0.15) is 30.6 Å². The molecule has 1 aromatic carbocycles. The minimum Gasteiger partial charge on any atom is -0.469 e. The van der Waals surface area contributed by atoms with Gasteiger partial charge in [0.05, 0.1) is 26.2 Å². The topological polar surface area (TPSA) is 55.8 Å². The average molecular weight is 265 g/mol. The molecule has 1 aromatic rings. The van der Waals surface area contributed by atoms with Gasteiger partial charge in [0.25, 0.3) is 5.91 Å². The minimum absolute atomic E-state index is 0.0515. The average Bonchev–Trinajstić information content (AvgIpc) is 2.39. The highest BCUT2D eigenvalue weighted by molar-refractivity contribution is 5.94. The van der Waals surface area contributed by atoms with Crippen LogP contribution in [0, 0.1) is 0 Å². The van der Waals surface area contributed by atoms with Crippen molar-refractivity contribution in [2.45, 2.75) is 25.8 Å². The zero-order valence-corrected chi connectivity index (χ0v) is 11.7. The van der Waals surface area contributed by atoms with Crippen LogP contribution >= 0.6 is 0 Å². The van der Waals surface area contributed by atoms with Crippen LogP contribution in [0.15, 0.2) is 30.3 Å². The number of rotatable bonds is 5. The summed E-state index contributed by atoms with van der Waals surface area (Å²) in [5, 5.41) is 1.19. The molecule has 0 atom stereocenters. The highest BCUT2D eigenvalue weighted by Gasteiger charge is 2.34. The van der Waals surface area contributed by atoms with Crippen molar-refractivity contribution < 1.29 is 19.2 Å². The molecule has 5 nitrogen and oxygen atoms in total. The van der Waals surface area contributed by atoms with Crippen LogP contribution in [-0.2, 0) is 14.4 Å². The second-order valence-corrected chi connectivity index (χ2v) is 4.71. The van der Waals surface area contributed by atoms with Crippen molar-refractivity contribution in [1.29, 1.82) is 0 Å². The van der Waals surface area contributed by atoms with Crippen LogP contribution in [-0.4, -0.2) is 36.7 Å². The smallest absolute Gasteiger partial charge is 0.307 e. The summed E-state index contributed by atoms with van der Waals surface area (Å²) in [6.45, 7) is 3.49. The van der Waals surface area contributed by atoms with Crippen molar-refractivity contribution in [2.24, 2.45) is 0 Å². The summed E-state index contributed by atoms with van der Waals surface area (Å²) < 4.78 is 4.63. The van der Waals surface area contributed by atoms with E-state index in [1.165, 1.54) is 19.3 Å². The summed E-state index contributed by atoms with van der Waals surface area (Å²) in [5.41, 5.74) is -0.295. The van der Waals surface area contributed by atoms with Gasteiger partial charge >= 0.3 is 5.97 Å². The predicted molar refractivity (Wildman–Crippen MR) is 70.3 cm³/mol. The number of methoxy groups -OCH3 is 1. The number of nitrogens with zero attached hydrogens (tertiary/aromatic N) is 1. The van der Waals surface area contributed by atoms with Gasteiger partial charge in [-0.25, -0.2) is 5.06 Å². The number of hydrogen-bond acceptors (Lipinski definition) is 4. The van der Waals surface area contributed by atoms with Crippen LogP contribution in [0.25, 0.3) is 0 Å². The molecule has 104 valence electrons. The highest BCUT2D eigenvalue weighted by Crippen LogP contribution is 2.22. The molecule has 0 saturated carbocycles. The van der Waals surface area contributed by atoms with E-state index in [9.17, 15) is 9.59 Å². The largest absolute Gasteiger partial charge is 0.469 e. The van der Waals surface area contributed by atoms with Crippen LogP contribution < -0.4 is 0 Å². The molecule has 0 unspecified atom stereocenters. The monoisotopic (exact) mass is 265 g/mol. The van der Waals surface area contributed by atoms with Gasteiger partial charge in [-0.3, -0.25) is 14.4 Å². The predicted octanol–water partition coefficient (Wildman–Crippen LogP) is 2.03. The Bertz CT molecular complexity index is 442. The third kappa shape index (κ3) is 3.79. The number of carbonyl (C=O) groups excluding carboxylic acids is 2. The fraction of sp³-hybridized carbons (Fsp3) is 0.429. The first-order valence-electron chi connectivity index (χ1n) is 5.93. The molecule has 0 N–H and O–H groups in total. The van der Waals surface area contributed by atoms with E-state index in [-0.39, 0.29) is 12.3 Å². The van der Waals surface area contributed by atoms with E-state index in [0.29, 0.717) is 5.56 Å². The number of esters is 1. The van der Waals surface area contributed by atoms with E-state index in [4.69, 9.17) is 4.84 Å². The Kier molecular flexibility index (Phi) is 5.06. The van der Waals surface area contributed by atoms with Gasteiger partial charge in [-0.2, -0.15) is 0 Å². The number of carbonyl (C=O) groups is 2. The van der Waals surface area contributed by atoms with Crippen LogP contribution in [0.2, 0.25) is 0 Å². The maximum Gasteiger partial charge on any atom is 0.307 e. The molecule has 5 heteroatoms. The van der Waals surface area contributed by atoms with Gasteiger partial charge in [0, 0.05) is 5.56 Å².